The minimum Gasteiger partial charge on any atom is -0.493 e. The van der Waals surface area contributed by atoms with Gasteiger partial charge in [-0.15, -0.1) is 0 Å². The summed E-state index contributed by atoms with van der Waals surface area (Å²) in [6, 6.07) is 8.20. The summed E-state index contributed by atoms with van der Waals surface area (Å²) in [6.45, 7) is 6.69. The monoisotopic (exact) mass is 441 g/mol. The maximum Gasteiger partial charge on any atom is 0.290 e. The minimum atomic E-state index is -0.576. The number of nitrogens with zero attached hydrogens (tertiary/aromatic N) is 1. The normalized spacial score (nSPS) is 15.5. The first-order chi connectivity index (χ1) is 14.9. The average Bonchev–Trinajstić information content (AvgIpc) is 3.03. The third-order valence-corrected chi connectivity index (χ3v) is 5.92. The van der Waals surface area contributed by atoms with Gasteiger partial charge in [0.25, 0.3) is 5.91 Å². The maximum atomic E-state index is 13.5. The highest BCUT2D eigenvalue weighted by molar-refractivity contribution is 6.32. The molecular weight excluding hydrogens is 418 g/mol. The second-order valence-electron chi connectivity index (χ2n) is 7.52. The molecule has 0 radical (unpaired) electrons. The standard InChI is InChI=1S/C24H24ClNO5/c1-5-9-26-21(14-7-8-17(30-6-2)19(11-14)29-4)20-22(27)15-12-16(25)13(3)10-18(15)31-23(20)24(26)28/h7-8,10-12,21H,5-6,9H2,1-4H3. The van der Waals surface area contributed by atoms with E-state index < -0.39 is 6.04 Å². The quantitative estimate of drug-likeness (QED) is 0.531. The summed E-state index contributed by atoms with van der Waals surface area (Å²) in [6.07, 6.45) is 0.739. The Morgan fingerprint density at radius 2 is 1.90 bits per heavy atom. The van der Waals surface area contributed by atoms with Crippen molar-refractivity contribution in [3.05, 3.63) is 68.0 Å². The molecule has 1 aliphatic heterocycles. The van der Waals surface area contributed by atoms with E-state index in [1.165, 1.54) is 0 Å². The van der Waals surface area contributed by atoms with Crippen LogP contribution in [0.25, 0.3) is 11.0 Å². The van der Waals surface area contributed by atoms with E-state index >= 15 is 0 Å². The van der Waals surface area contributed by atoms with E-state index in [1.807, 2.05) is 32.9 Å². The van der Waals surface area contributed by atoms with Crippen LogP contribution in [0.2, 0.25) is 5.02 Å². The Labute approximate surface area is 185 Å². The molecule has 1 amide bonds. The van der Waals surface area contributed by atoms with Crippen LogP contribution in [0, 0.1) is 6.92 Å². The lowest BCUT2D eigenvalue weighted by atomic mass is 9.97. The van der Waals surface area contributed by atoms with Crippen LogP contribution in [-0.2, 0) is 0 Å². The number of benzene rings is 2. The third-order valence-electron chi connectivity index (χ3n) is 5.51. The van der Waals surface area contributed by atoms with Crippen molar-refractivity contribution >= 4 is 28.5 Å². The summed E-state index contributed by atoms with van der Waals surface area (Å²) in [5.74, 6) is 0.945. The summed E-state index contributed by atoms with van der Waals surface area (Å²) in [5, 5.41) is 0.845. The first-order valence-electron chi connectivity index (χ1n) is 10.3. The van der Waals surface area contributed by atoms with E-state index in [4.69, 9.17) is 25.5 Å². The number of hydrogen-bond acceptors (Lipinski definition) is 5. The molecule has 2 heterocycles. The number of amides is 1. The Morgan fingerprint density at radius 3 is 2.58 bits per heavy atom. The van der Waals surface area contributed by atoms with Gasteiger partial charge in [0, 0.05) is 11.6 Å². The van der Waals surface area contributed by atoms with Crippen LogP contribution in [0.4, 0.5) is 0 Å². The van der Waals surface area contributed by atoms with E-state index in [-0.39, 0.29) is 17.1 Å². The largest absolute Gasteiger partial charge is 0.493 e. The Hall–Kier alpha value is -2.99. The molecule has 3 aromatic rings. The predicted molar refractivity (Wildman–Crippen MR) is 120 cm³/mol. The van der Waals surface area contributed by atoms with Gasteiger partial charge in [0.1, 0.15) is 5.58 Å². The number of methoxy groups -OCH3 is 1. The molecule has 0 saturated heterocycles. The van der Waals surface area contributed by atoms with E-state index in [9.17, 15) is 9.59 Å². The van der Waals surface area contributed by atoms with E-state index in [2.05, 4.69) is 0 Å². The molecule has 1 aromatic heterocycles. The van der Waals surface area contributed by atoms with Crippen LogP contribution in [0.1, 0.15) is 53.6 Å². The smallest absolute Gasteiger partial charge is 0.290 e. The molecular formula is C24H24ClNO5. The molecule has 6 nitrogen and oxygen atoms in total. The molecule has 4 rings (SSSR count). The van der Waals surface area contributed by atoms with Crippen LogP contribution in [-0.4, -0.2) is 31.1 Å². The fourth-order valence-electron chi connectivity index (χ4n) is 4.09. The summed E-state index contributed by atoms with van der Waals surface area (Å²) >= 11 is 6.27. The first kappa shape index (κ1) is 21.2. The zero-order chi connectivity index (χ0) is 22.3. The molecule has 1 unspecified atom stereocenters. The third kappa shape index (κ3) is 3.45. The minimum absolute atomic E-state index is 0.0884. The SMILES string of the molecule is CCCN1C(=O)c2oc3cc(C)c(Cl)cc3c(=O)c2C1c1ccc(OCC)c(OC)c1. The highest BCUT2D eigenvalue weighted by atomic mass is 35.5. The predicted octanol–water partition coefficient (Wildman–Crippen LogP) is 5.12. The van der Waals surface area contributed by atoms with Crippen molar-refractivity contribution in [2.75, 3.05) is 20.3 Å². The molecule has 31 heavy (non-hydrogen) atoms. The molecule has 0 saturated carbocycles. The number of aryl methyl sites for hydroxylation is 1. The first-order valence-corrected chi connectivity index (χ1v) is 10.7. The van der Waals surface area contributed by atoms with Crippen molar-refractivity contribution < 1.29 is 18.7 Å². The van der Waals surface area contributed by atoms with Crippen molar-refractivity contribution in [3.63, 3.8) is 0 Å². The lowest BCUT2D eigenvalue weighted by Gasteiger charge is -2.25. The van der Waals surface area contributed by atoms with Gasteiger partial charge in [-0.05, 0) is 55.7 Å². The number of ether oxygens (including phenoxy) is 2. The molecule has 0 bridgehead atoms. The Morgan fingerprint density at radius 1 is 1.13 bits per heavy atom. The van der Waals surface area contributed by atoms with Crippen molar-refractivity contribution in [1.29, 1.82) is 0 Å². The van der Waals surface area contributed by atoms with Crippen molar-refractivity contribution in [1.82, 2.24) is 4.90 Å². The lowest BCUT2D eigenvalue weighted by Crippen LogP contribution is -2.30. The van der Waals surface area contributed by atoms with E-state index in [0.717, 1.165) is 17.5 Å². The van der Waals surface area contributed by atoms with Gasteiger partial charge in [-0.2, -0.15) is 0 Å². The fourth-order valence-corrected chi connectivity index (χ4v) is 4.25. The number of hydrogen-bond donors (Lipinski definition) is 0. The van der Waals surface area contributed by atoms with Gasteiger partial charge in [0.2, 0.25) is 5.76 Å². The second kappa shape index (κ2) is 8.27. The van der Waals surface area contributed by atoms with Gasteiger partial charge in [-0.25, -0.2) is 0 Å². The van der Waals surface area contributed by atoms with Crippen LogP contribution < -0.4 is 14.9 Å². The zero-order valence-electron chi connectivity index (χ0n) is 18.0. The number of halogens is 1. The highest BCUT2D eigenvalue weighted by Gasteiger charge is 2.42. The Kier molecular flexibility index (Phi) is 5.67. The lowest BCUT2D eigenvalue weighted by molar-refractivity contribution is 0.0728. The van der Waals surface area contributed by atoms with Gasteiger partial charge >= 0.3 is 0 Å². The molecule has 0 spiro atoms. The van der Waals surface area contributed by atoms with E-state index in [0.29, 0.717) is 46.2 Å². The van der Waals surface area contributed by atoms with Gasteiger partial charge in [-0.3, -0.25) is 9.59 Å². The molecule has 1 atom stereocenters. The fraction of sp³-hybridized carbons (Fsp3) is 0.333. The number of fused-ring (bicyclic) bond motifs is 2. The highest BCUT2D eigenvalue weighted by Crippen LogP contribution is 2.41. The van der Waals surface area contributed by atoms with Crippen LogP contribution in [0.15, 0.2) is 39.5 Å². The molecule has 7 heteroatoms. The summed E-state index contributed by atoms with van der Waals surface area (Å²) in [5.41, 5.74) is 1.98. The van der Waals surface area contributed by atoms with Crippen molar-refractivity contribution in [2.45, 2.75) is 33.2 Å². The topological polar surface area (TPSA) is 69.0 Å². The van der Waals surface area contributed by atoms with Gasteiger partial charge < -0.3 is 18.8 Å². The summed E-state index contributed by atoms with van der Waals surface area (Å²) < 4.78 is 17.1. The summed E-state index contributed by atoms with van der Waals surface area (Å²) in [7, 11) is 1.56. The molecule has 2 aromatic carbocycles. The van der Waals surface area contributed by atoms with Crippen molar-refractivity contribution in [2.24, 2.45) is 0 Å². The molecule has 0 N–H and O–H groups in total. The van der Waals surface area contributed by atoms with E-state index in [1.54, 1.807) is 30.2 Å². The van der Waals surface area contributed by atoms with Crippen LogP contribution in [0.3, 0.4) is 0 Å². The Balaban J connectivity index is 1.97. The molecule has 1 aliphatic rings. The van der Waals surface area contributed by atoms with Crippen LogP contribution in [0.5, 0.6) is 11.5 Å². The van der Waals surface area contributed by atoms with Crippen molar-refractivity contribution in [3.8, 4) is 11.5 Å². The average molecular weight is 442 g/mol. The molecule has 0 fully saturated rings. The maximum absolute atomic E-state index is 13.5. The van der Waals surface area contributed by atoms with Gasteiger partial charge in [-0.1, -0.05) is 24.6 Å². The second-order valence-corrected chi connectivity index (χ2v) is 7.92. The number of carbonyl (C=O) groups excluding carboxylic acids is 1. The Bertz CT molecular complexity index is 1230. The summed E-state index contributed by atoms with van der Waals surface area (Å²) in [4.78, 5) is 28.5. The zero-order valence-corrected chi connectivity index (χ0v) is 18.7. The number of carbonyl (C=O) groups is 1. The van der Waals surface area contributed by atoms with Gasteiger partial charge in [0.15, 0.2) is 16.9 Å². The van der Waals surface area contributed by atoms with Gasteiger partial charge in [0.05, 0.1) is 30.7 Å². The number of rotatable bonds is 6. The molecule has 0 aliphatic carbocycles. The molecule has 162 valence electrons. The van der Waals surface area contributed by atoms with Crippen LogP contribution >= 0.6 is 11.6 Å².